The number of H-pyrrole nitrogens is 1. The minimum absolute atomic E-state index is 0.0995. The van der Waals surface area contributed by atoms with Crippen molar-refractivity contribution in [3.8, 4) is 0 Å². The number of aromatic amines is 1. The number of pyridine rings is 1. The van der Waals surface area contributed by atoms with Gasteiger partial charge in [-0.1, -0.05) is 18.6 Å². The topological polar surface area (TPSA) is 45.3 Å². The van der Waals surface area contributed by atoms with Crippen LogP contribution in [-0.4, -0.2) is 35.7 Å². The summed E-state index contributed by atoms with van der Waals surface area (Å²) in [5, 5.41) is 0.771. The van der Waals surface area contributed by atoms with Gasteiger partial charge in [0, 0.05) is 42.4 Å². The van der Waals surface area contributed by atoms with Crippen molar-refractivity contribution in [3.05, 3.63) is 45.7 Å². The van der Waals surface area contributed by atoms with Crippen LogP contribution < -0.4 is 5.43 Å². The number of likely N-dealkylation sites (N-methyl/N-ethyl adjacent to an activating group) is 1. The van der Waals surface area contributed by atoms with E-state index in [2.05, 4.69) is 16.8 Å². The lowest BCUT2D eigenvalue weighted by Crippen LogP contribution is -2.35. The molecule has 1 aromatic heterocycles. The van der Waals surface area contributed by atoms with E-state index < -0.39 is 0 Å². The Bertz CT molecular complexity index is 717. The molecule has 0 bridgehead atoms. The lowest BCUT2D eigenvalue weighted by molar-refractivity contribution is -0.00640. The number of rotatable bonds is 5. The Morgan fingerprint density at radius 3 is 2.91 bits per heavy atom. The van der Waals surface area contributed by atoms with E-state index in [4.69, 9.17) is 4.74 Å². The van der Waals surface area contributed by atoms with Gasteiger partial charge in [-0.25, -0.2) is 0 Å². The van der Waals surface area contributed by atoms with Crippen LogP contribution in [0, 0.1) is 6.92 Å². The van der Waals surface area contributed by atoms with E-state index in [1.54, 1.807) is 6.07 Å². The molecule has 3 rings (SSSR count). The van der Waals surface area contributed by atoms with Crippen LogP contribution in [0.1, 0.15) is 37.4 Å². The predicted molar refractivity (Wildman–Crippen MR) is 93.8 cm³/mol. The summed E-state index contributed by atoms with van der Waals surface area (Å²) in [4.78, 5) is 18.1. The zero-order valence-corrected chi connectivity index (χ0v) is 14.1. The molecule has 1 unspecified atom stereocenters. The Morgan fingerprint density at radius 2 is 2.17 bits per heavy atom. The van der Waals surface area contributed by atoms with E-state index in [0.29, 0.717) is 6.10 Å². The highest BCUT2D eigenvalue weighted by atomic mass is 16.5. The van der Waals surface area contributed by atoms with E-state index in [9.17, 15) is 4.79 Å². The van der Waals surface area contributed by atoms with E-state index in [1.165, 1.54) is 12.8 Å². The molecule has 0 saturated carbocycles. The molecule has 0 amide bonds. The summed E-state index contributed by atoms with van der Waals surface area (Å²) < 4.78 is 5.84. The summed E-state index contributed by atoms with van der Waals surface area (Å²) in [6.45, 7) is 7.70. The summed E-state index contributed by atoms with van der Waals surface area (Å²) in [6.07, 6.45) is 3.91. The average Bonchev–Trinajstić information content (AvgIpc) is 2.56. The molecule has 4 nitrogen and oxygen atoms in total. The molecule has 0 spiro atoms. The Morgan fingerprint density at radius 1 is 1.30 bits per heavy atom. The van der Waals surface area contributed by atoms with Gasteiger partial charge in [0.05, 0.1) is 6.10 Å². The number of benzene rings is 1. The quantitative estimate of drug-likeness (QED) is 0.921. The molecule has 0 aliphatic carbocycles. The highest BCUT2D eigenvalue weighted by molar-refractivity contribution is 5.79. The number of hydrogen-bond donors (Lipinski definition) is 1. The van der Waals surface area contributed by atoms with Crippen LogP contribution in [0.4, 0.5) is 0 Å². The zero-order valence-electron chi connectivity index (χ0n) is 14.1. The van der Waals surface area contributed by atoms with Gasteiger partial charge < -0.3 is 9.72 Å². The number of hydrogen-bond acceptors (Lipinski definition) is 3. The summed E-state index contributed by atoms with van der Waals surface area (Å²) in [7, 11) is 0. The van der Waals surface area contributed by atoms with Gasteiger partial charge in [-0.15, -0.1) is 0 Å². The number of ether oxygens (including phenoxy) is 1. The molecular weight excluding hydrogens is 288 g/mol. The maximum atomic E-state index is 12.3. The minimum atomic E-state index is 0.0995. The van der Waals surface area contributed by atoms with Gasteiger partial charge in [-0.05, 0) is 44.9 Å². The van der Waals surface area contributed by atoms with Crippen LogP contribution >= 0.6 is 0 Å². The monoisotopic (exact) mass is 314 g/mol. The maximum absolute atomic E-state index is 12.3. The van der Waals surface area contributed by atoms with Gasteiger partial charge in [0.2, 0.25) is 0 Å². The summed E-state index contributed by atoms with van der Waals surface area (Å²) in [5.74, 6) is 0. The first-order chi connectivity index (χ1) is 11.2. The van der Waals surface area contributed by atoms with Crippen LogP contribution in [0.2, 0.25) is 0 Å². The molecular formula is C19H26N2O2. The molecule has 1 saturated heterocycles. The Kier molecular flexibility index (Phi) is 5.13. The Labute approximate surface area is 137 Å². The number of nitrogens with zero attached hydrogens (tertiary/aromatic N) is 1. The van der Waals surface area contributed by atoms with Crippen LogP contribution in [0.15, 0.2) is 29.1 Å². The molecule has 1 aromatic carbocycles. The van der Waals surface area contributed by atoms with Crippen molar-refractivity contribution in [2.75, 3.05) is 19.7 Å². The molecule has 23 heavy (non-hydrogen) atoms. The fourth-order valence-electron chi connectivity index (χ4n) is 3.29. The van der Waals surface area contributed by atoms with Gasteiger partial charge in [-0.3, -0.25) is 9.69 Å². The summed E-state index contributed by atoms with van der Waals surface area (Å²) >= 11 is 0. The second kappa shape index (κ2) is 7.28. The lowest BCUT2D eigenvalue weighted by atomic mass is 10.1. The summed E-state index contributed by atoms with van der Waals surface area (Å²) in [6, 6.07) is 7.73. The van der Waals surface area contributed by atoms with Crippen molar-refractivity contribution >= 4 is 10.9 Å². The average molecular weight is 314 g/mol. The normalized spacial score (nSPS) is 18.7. The van der Waals surface area contributed by atoms with E-state index >= 15 is 0 Å². The Balaban J connectivity index is 1.76. The first-order valence-corrected chi connectivity index (χ1v) is 8.62. The molecule has 1 atom stereocenters. The van der Waals surface area contributed by atoms with Crippen LogP contribution in [-0.2, 0) is 11.3 Å². The highest BCUT2D eigenvalue weighted by Crippen LogP contribution is 2.16. The highest BCUT2D eigenvalue weighted by Gasteiger charge is 2.17. The molecule has 1 fully saturated rings. The number of aryl methyl sites for hydroxylation is 1. The van der Waals surface area contributed by atoms with E-state index in [-0.39, 0.29) is 5.43 Å². The van der Waals surface area contributed by atoms with Gasteiger partial charge in [-0.2, -0.15) is 0 Å². The summed E-state index contributed by atoms with van der Waals surface area (Å²) in [5.41, 5.74) is 3.11. The Hall–Kier alpha value is -1.65. The second-order valence-corrected chi connectivity index (χ2v) is 6.52. The van der Waals surface area contributed by atoms with Crippen molar-refractivity contribution in [2.45, 2.75) is 45.8 Å². The van der Waals surface area contributed by atoms with Crippen molar-refractivity contribution in [2.24, 2.45) is 0 Å². The SMILES string of the molecule is CCN(Cc1cc(=O)c2cc(C)ccc2[nH]1)CC1CCCCO1. The smallest absolute Gasteiger partial charge is 0.189 e. The van der Waals surface area contributed by atoms with Gasteiger partial charge in [0.1, 0.15) is 0 Å². The molecule has 2 heterocycles. The first kappa shape index (κ1) is 16.2. The molecule has 1 aliphatic rings. The third-order valence-electron chi connectivity index (χ3n) is 4.62. The van der Waals surface area contributed by atoms with Crippen molar-refractivity contribution in [1.29, 1.82) is 0 Å². The zero-order chi connectivity index (χ0) is 16.2. The predicted octanol–water partition coefficient (Wildman–Crippen LogP) is 3.23. The van der Waals surface area contributed by atoms with Gasteiger partial charge >= 0.3 is 0 Å². The number of nitrogens with one attached hydrogen (secondary N) is 1. The van der Waals surface area contributed by atoms with Crippen molar-refractivity contribution in [3.63, 3.8) is 0 Å². The van der Waals surface area contributed by atoms with Crippen LogP contribution in [0.3, 0.4) is 0 Å². The molecule has 4 heteroatoms. The molecule has 124 valence electrons. The molecule has 1 N–H and O–H groups in total. The molecule has 0 radical (unpaired) electrons. The first-order valence-electron chi connectivity index (χ1n) is 8.62. The molecule has 2 aromatic rings. The lowest BCUT2D eigenvalue weighted by Gasteiger charge is -2.29. The largest absolute Gasteiger partial charge is 0.377 e. The standard InChI is InChI=1S/C19H26N2O2/c1-3-21(13-16-6-4-5-9-23-16)12-15-11-19(22)17-10-14(2)7-8-18(17)20-15/h7-8,10-11,16H,3-6,9,12-13H2,1-2H3,(H,20,22). The van der Waals surface area contributed by atoms with Crippen LogP contribution in [0.25, 0.3) is 10.9 Å². The fourth-order valence-corrected chi connectivity index (χ4v) is 3.29. The maximum Gasteiger partial charge on any atom is 0.189 e. The van der Waals surface area contributed by atoms with Crippen molar-refractivity contribution < 1.29 is 4.74 Å². The second-order valence-electron chi connectivity index (χ2n) is 6.52. The van der Waals surface area contributed by atoms with Gasteiger partial charge in [0.15, 0.2) is 5.43 Å². The third kappa shape index (κ3) is 4.01. The number of aromatic nitrogens is 1. The van der Waals surface area contributed by atoms with E-state index in [0.717, 1.165) is 54.8 Å². The van der Waals surface area contributed by atoms with Crippen LogP contribution in [0.5, 0.6) is 0 Å². The number of fused-ring (bicyclic) bond motifs is 1. The van der Waals surface area contributed by atoms with E-state index in [1.807, 2.05) is 25.1 Å². The third-order valence-corrected chi connectivity index (χ3v) is 4.62. The molecule has 1 aliphatic heterocycles. The van der Waals surface area contributed by atoms with Gasteiger partial charge in [0.25, 0.3) is 0 Å². The van der Waals surface area contributed by atoms with Crippen molar-refractivity contribution in [1.82, 2.24) is 9.88 Å². The minimum Gasteiger partial charge on any atom is -0.377 e. The fraction of sp³-hybridized carbons (Fsp3) is 0.526.